The van der Waals surface area contributed by atoms with Crippen molar-refractivity contribution in [2.75, 3.05) is 37.6 Å². The summed E-state index contributed by atoms with van der Waals surface area (Å²) in [5, 5.41) is 8.75. The third-order valence-electron chi connectivity index (χ3n) is 6.68. The topological polar surface area (TPSA) is 86.7 Å². The van der Waals surface area contributed by atoms with E-state index in [0.29, 0.717) is 32.6 Å². The van der Waals surface area contributed by atoms with E-state index in [4.69, 9.17) is 0 Å². The number of aryl methyl sites for hydroxylation is 1. The molecule has 2 aromatic carbocycles. The van der Waals surface area contributed by atoms with Gasteiger partial charge in [-0.15, -0.1) is 10.2 Å². The van der Waals surface area contributed by atoms with Crippen molar-refractivity contribution >= 4 is 21.7 Å². The van der Waals surface area contributed by atoms with Gasteiger partial charge in [-0.3, -0.25) is 4.79 Å². The molecule has 1 atom stereocenters. The lowest BCUT2D eigenvalue weighted by Gasteiger charge is -2.36. The van der Waals surface area contributed by atoms with E-state index in [1.807, 2.05) is 63.2 Å². The van der Waals surface area contributed by atoms with Gasteiger partial charge in [-0.05, 0) is 44.5 Å². The van der Waals surface area contributed by atoms with E-state index in [-0.39, 0.29) is 23.4 Å². The molecular formula is C27H33N5O3S. The average Bonchev–Trinajstić information content (AvgIpc) is 2.92. The molecule has 36 heavy (non-hydrogen) atoms. The molecule has 1 saturated heterocycles. The van der Waals surface area contributed by atoms with Gasteiger partial charge in [-0.25, -0.2) is 8.42 Å². The highest BCUT2D eigenvalue weighted by Gasteiger charge is 2.32. The van der Waals surface area contributed by atoms with E-state index >= 15 is 0 Å². The predicted octanol–water partition coefficient (Wildman–Crippen LogP) is 3.59. The number of amides is 1. The first kappa shape index (κ1) is 25.8. The lowest BCUT2D eigenvalue weighted by molar-refractivity contribution is -0.132. The molecule has 1 aliphatic rings. The van der Waals surface area contributed by atoms with Crippen molar-refractivity contribution in [3.8, 4) is 11.3 Å². The Hall–Kier alpha value is -3.30. The van der Waals surface area contributed by atoms with E-state index < -0.39 is 10.0 Å². The summed E-state index contributed by atoms with van der Waals surface area (Å²) in [5.74, 6) is 0.584. The minimum absolute atomic E-state index is 0.170. The maximum Gasteiger partial charge on any atom is 0.243 e. The van der Waals surface area contributed by atoms with Crippen LogP contribution in [0.5, 0.6) is 0 Å². The van der Waals surface area contributed by atoms with Crippen LogP contribution in [0.3, 0.4) is 0 Å². The van der Waals surface area contributed by atoms with Crippen LogP contribution in [0.4, 0.5) is 5.82 Å². The predicted molar refractivity (Wildman–Crippen MR) is 141 cm³/mol. The second-order valence-corrected chi connectivity index (χ2v) is 11.0. The number of hydrogen-bond donors (Lipinski definition) is 0. The molecule has 1 fully saturated rings. The summed E-state index contributed by atoms with van der Waals surface area (Å²) >= 11 is 0. The Balaban J connectivity index is 1.39. The Kier molecular flexibility index (Phi) is 8.01. The number of nitrogens with zero attached hydrogens (tertiary/aromatic N) is 5. The van der Waals surface area contributed by atoms with E-state index in [1.165, 1.54) is 4.31 Å². The van der Waals surface area contributed by atoms with Gasteiger partial charge in [-0.2, -0.15) is 4.31 Å². The van der Waals surface area contributed by atoms with E-state index in [0.717, 1.165) is 22.6 Å². The van der Waals surface area contributed by atoms with Crippen molar-refractivity contribution in [2.24, 2.45) is 0 Å². The lowest BCUT2D eigenvalue weighted by Crippen LogP contribution is -2.53. The summed E-state index contributed by atoms with van der Waals surface area (Å²) in [5.41, 5.74) is 2.81. The summed E-state index contributed by atoms with van der Waals surface area (Å²) in [6.07, 6.45) is 0.615. The Morgan fingerprint density at radius 3 is 2.19 bits per heavy atom. The van der Waals surface area contributed by atoms with Gasteiger partial charge in [-0.1, -0.05) is 55.0 Å². The van der Waals surface area contributed by atoms with Crippen LogP contribution in [0.25, 0.3) is 11.3 Å². The number of rotatable bonds is 8. The Morgan fingerprint density at radius 2 is 1.61 bits per heavy atom. The third kappa shape index (κ3) is 5.74. The molecule has 1 amide bonds. The van der Waals surface area contributed by atoms with Crippen LogP contribution < -0.4 is 4.90 Å². The fraction of sp³-hybridized carbons (Fsp3) is 0.370. The number of sulfonamides is 1. The third-order valence-corrected chi connectivity index (χ3v) is 8.65. The van der Waals surface area contributed by atoms with Crippen molar-refractivity contribution in [3.05, 3.63) is 72.3 Å². The van der Waals surface area contributed by atoms with Crippen molar-refractivity contribution in [1.82, 2.24) is 19.4 Å². The van der Waals surface area contributed by atoms with E-state index in [1.54, 1.807) is 29.2 Å². The zero-order valence-electron chi connectivity index (χ0n) is 21.0. The quantitative estimate of drug-likeness (QED) is 0.463. The van der Waals surface area contributed by atoms with E-state index in [9.17, 15) is 13.2 Å². The van der Waals surface area contributed by atoms with Gasteiger partial charge in [0, 0.05) is 37.8 Å². The average molecular weight is 508 g/mol. The number of aromatic nitrogens is 2. The van der Waals surface area contributed by atoms with Crippen LogP contribution in [-0.2, 0) is 14.8 Å². The molecule has 4 rings (SSSR count). The standard InChI is InChI=1S/C27H33N5O3S/c1-4-22(3)32(36(34,35)24-12-10-21(2)11-13-24)20-27(33)31-18-16-30(17-19-31)26-15-14-25(28-29-26)23-8-6-5-7-9-23/h5-15,22H,4,16-20H2,1-3H3. The van der Waals surface area contributed by atoms with E-state index in [2.05, 4.69) is 15.1 Å². The van der Waals surface area contributed by atoms with Crippen LogP contribution in [0.2, 0.25) is 0 Å². The summed E-state index contributed by atoms with van der Waals surface area (Å²) in [7, 11) is -3.79. The van der Waals surface area contributed by atoms with Gasteiger partial charge in [0.2, 0.25) is 15.9 Å². The first-order valence-electron chi connectivity index (χ1n) is 12.3. The number of anilines is 1. The fourth-order valence-electron chi connectivity index (χ4n) is 4.20. The van der Waals surface area contributed by atoms with Crippen LogP contribution in [0, 0.1) is 6.92 Å². The second kappa shape index (κ2) is 11.2. The summed E-state index contributed by atoms with van der Waals surface area (Å²) in [6.45, 7) is 7.73. The number of carbonyl (C=O) groups is 1. The zero-order chi connectivity index (χ0) is 25.7. The molecule has 0 aliphatic carbocycles. The zero-order valence-corrected chi connectivity index (χ0v) is 21.9. The van der Waals surface area contributed by atoms with Gasteiger partial charge in [0.1, 0.15) is 0 Å². The fourth-order valence-corrected chi connectivity index (χ4v) is 5.86. The molecule has 1 aliphatic heterocycles. The van der Waals surface area contributed by atoms with Crippen LogP contribution in [0.15, 0.2) is 71.6 Å². The molecule has 0 spiro atoms. The maximum absolute atomic E-state index is 13.4. The highest BCUT2D eigenvalue weighted by molar-refractivity contribution is 7.89. The molecule has 3 aromatic rings. The second-order valence-electron chi connectivity index (χ2n) is 9.13. The summed E-state index contributed by atoms with van der Waals surface area (Å²) < 4.78 is 28.1. The SMILES string of the molecule is CCC(C)N(CC(=O)N1CCN(c2ccc(-c3ccccc3)nn2)CC1)S(=O)(=O)c1ccc(C)cc1. The molecule has 2 heterocycles. The number of benzene rings is 2. The Bertz CT molecular complexity index is 1260. The van der Waals surface area contributed by atoms with Crippen molar-refractivity contribution in [2.45, 2.75) is 38.1 Å². The van der Waals surface area contributed by atoms with Gasteiger partial charge < -0.3 is 9.80 Å². The Morgan fingerprint density at radius 1 is 0.944 bits per heavy atom. The highest BCUT2D eigenvalue weighted by Crippen LogP contribution is 2.22. The van der Waals surface area contributed by atoms with Crippen LogP contribution >= 0.6 is 0 Å². The molecule has 9 heteroatoms. The van der Waals surface area contributed by atoms with Crippen molar-refractivity contribution < 1.29 is 13.2 Å². The first-order valence-corrected chi connectivity index (χ1v) is 13.7. The highest BCUT2D eigenvalue weighted by atomic mass is 32.2. The normalized spacial score (nSPS) is 15.2. The largest absolute Gasteiger partial charge is 0.352 e. The summed E-state index contributed by atoms with van der Waals surface area (Å²) in [4.78, 5) is 17.2. The number of piperazine rings is 1. The van der Waals surface area contributed by atoms with Crippen molar-refractivity contribution in [1.29, 1.82) is 0 Å². The van der Waals surface area contributed by atoms with Crippen LogP contribution in [-0.4, -0.2) is 72.5 Å². The van der Waals surface area contributed by atoms with Crippen molar-refractivity contribution in [3.63, 3.8) is 0 Å². The first-order chi connectivity index (χ1) is 17.3. The van der Waals surface area contributed by atoms with Gasteiger partial charge in [0.25, 0.3) is 0 Å². The molecular weight excluding hydrogens is 474 g/mol. The molecule has 190 valence electrons. The molecule has 0 N–H and O–H groups in total. The molecule has 1 aromatic heterocycles. The summed E-state index contributed by atoms with van der Waals surface area (Å²) in [6, 6.07) is 20.3. The minimum Gasteiger partial charge on any atom is -0.352 e. The van der Waals surface area contributed by atoms with Crippen LogP contribution in [0.1, 0.15) is 25.8 Å². The molecule has 1 unspecified atom stereocenters. The maximum atomic E-state index is 13.4. The Labute approximate surface area is 213 Å². The van der Waals surface area contributed by atoms with Gasteiger partial charge >= 0.3 is 0 Å². The molecule has 8 nitrogen and oxygen atoms in total. The minimum atomic E-state index is -3.79. The molecule has 0 saturated carbocycles. The van der Waals surface area contributed by atoms with Gasteiger partial charge in [0.15, 0.2) is 5.82 Å². The smallest absolute Gasteiger partial charge is 0.243 e. The molecule has 0 radical (unpaired) electrons. The lowest BCUT2D eigenvalue weighted by atomic mass is 10.1. The monoisotopic (exact) mass is 507 g/mol. The molecule has 0 bridgehead atoms. The van der Waals surface area contributed by atoms with Gasteiger partial charge in [0.05, 0.1) is 17.1 Å². The number of hydrogen-bond acceptors (Lipinski definition) is 6. The number of carbonyl (C=O) groups excluding carboxylic acids is 1.